The average Bonchev–Trinajstić information content (AvgIpc) is 3.06. The number of likely N-dealkylation sites (tertiary alicyclic amines) is 1. The van der Waals surface area contributed by atoms with Crippen LogP contribution in [0.1, 0.15) is 50.1 Å². The van der Waals surface area contributed by atoms with Crippen LogP contribution in [-0.4, -0.2) is 57.5 Å². The van der Waals surface area contributed by atoms with E-state index in [9.17, 15) is 9.59 Å². The zero-order valence-corrected chi connectivity index (χ0v) is 16.5. The molecule has 0 radical (unpaired) electrons. The zero-order chi connectivity index (χ0) is 19.4. The van der Waals surface area contributed by atoms with Crippen molar-refractivity contribution in [2.24, 2.45) is 5.92 Å². The van der Waals surface area contributed by atoms with Crippen LogP contribution in [-0.2, 0) is 27.3 Å². The quantitative estimate of drug-likeness (QED) is 0.763. The highest BCUT2D eigenvalue weighted by Gasteiger charge is 2.36. The number of methoxy groups -OCH3 is 1. The Morgan fingerprint density at radius 3 is 2.62 bits per heavy atom. The Morgan fingerprint density at radius 2 is 2.04 bits per heavy atom. The van der Waals surface area contributed by atoms with Crippen LogP contribution in [0.15, 0.2) is 0 Å². The van der Waals surface area contributed by atoms with Gasteiger partial charge in [0.05, 0.1) is 18.2 Å². The molecule has 0 spiro atoms. The van der Waals surface area contributed by atoms with E-state index in [1.165, 1.54) is 0 Å². The maximum absolute atomic E-state index is 12.7. The molecule has 1 amide bonds. The molecule has 0 saturated carbocycles. The number of hydrogen-bond donors (Lipinski definition) is 1. The lowest BCUT2D eigenvalue weighted by molar-refractivity contribution is -0.139. The predicted octanol–water partition coefficient (Wildman–Crippen LogP) is 2.18. The summed E-state index contributed by atoms with van der Waals surface area (Å²) in [5.41, 5.74) is 3.20. The summed E-state index contributed by atoms with van der Waals surface area (Å²) in [4.78, 5) is 25.5. The van der Waals surface area contributed by atoms with Gasteiger partial charge in [-0.2, -0.15) is 5.10 Å². The molecule has 26 heavy (non-hydrogen) atoms. The van der Waals surface area contributed by atoms with E-state index in [0.717, 1.165) is 23.5 Å². The van der Waals surface area contributed by atoms with Gasteiger partial charge in [-0.1, -0.05) is 13.8 Å². The summed E-state index contributed by atoms with van der Waals surface area (Å²) < 4.78 is 7.36. The lowest BCUT2D eigenvalue weighted by Crippen LogP contribution is -2.37. The van der Waals surface area contributed by atoms with Crippen molar-refractivity contribution >= 4 is 11.9 Å². The van der Waals surface area contributed by atoms with Crippen molar-refractivity contribution in [3.63, 3.8) is 0 Å². The topological polar surface area (TPSA) is 84.7 Å². The molecule has 0 bridgehead atoms. The van der Waals surface area contributed by atoms with E-state index in [0.29, 0.717) is 31.7 Å². The summed E-state index contributed by atoms with van der Waals surface area (Å²) in [6.07, 6.45) is 1.46. The third kappa shape index (κ3) is 4.84. The van der Waals surface area contributed by atoms with Crippen LogP contribution in [0, 0.1) is 19.8 Å². The molecule has 7 nitrogen and oxygen atoms in total. The summed E-state index contributed by atoms with van der Waals surface area (Å²) in [6.45, 7) is 9.67. The highest BCUT2D eigenvalue weighted by atomic mass is 16.5. The van der Waals surface area contributed by atoms with Crippen LogP contribution < -0.4 is 0 Å². The number of ether oxygens (including phenoxy) is 1. The van der Waals surface area contributed by atoms with Crippen molar-refractivity contribution in [3.05, 3.63) is 17.0 Å². The maximum atomic E-state index is 12.7. The first-order valence-electron chi connectivity index (χ1n) is 9.29. The van der Waals surface area contributed by atoms with Crippen LogP contribution in [0.3, 0.4) is 0 Å². The summed E-state index contributed by atoms with van der Waals surface area (Å²) in [6, 6.07) is -0.282. The third-order valence-corrected chi connectivity index (χ3v) is 5.10. The number of aryl methyl sites for hydroxylation is 1. The first kappa shape index (κ1) is 20.4. The number of aromatic nitrogens is 2. The molecule has 1 aromatic heterocycles. The van der Waals surface area contributed by atoms with Crippen LogP contribution in [0.5, 0.6) is 0 Å². The molecule has 1 aliphatic heterocycles. The number of amides is 1. The van der Waals surface area contributed by atoms with Crippen LogP contribution in [0.4, 0.5) is 0 Å². The van der Waals surface area contributed by atoms with Crippen LogP contribution in [0.25, 0.3) is 0 Å². The van der Waals surface area contributed by atoms with Crippen molar-refractivity contribution in [2.45, 2.75) is 72.1 Å². The fraction of sp³-hybridized carbons (Fsp3) is 0.737. The van der Waals surface area contributed by atoms with Gasteiger partial charge in [0.25, 0.3) is 0 Å². The van der Waals surface area contributed by atoms with Gasteiger partial charge in [0.15, 0.2) is 0 Å². The Kier molecular flexibility index (Phi) is 6.81. The normalized spacial score (nSPS) is 20.2. The SMILES string of the molecule is COC1CC(CC(=O)O)N(C(=O)CCc2c(C)nn(CC(C)C)c2C)C1. The van der Waals surface area contributed by atoms with Gasteiger partial charge in [-0.3, -0.25) is 14.3 Å². The van der Waals surface area contributed by atoms with Crippen molar-refractivity contribution < 1.29 is 19.4 Å². The van der Waals surface area contributed by atoms with Gasteiger partial charge in [0, 0.05) is 38.4 Å². The number of aliphatic carboxylic acids is 1. The molecule has 2 heterocycles. The third-order valence-electron chi connectivity index (χ3n) is 5.10. The number of carboxylic acids is 1. The number of carboxylic acid groups (broad SMARTS) is 1. The maximum Gasteiger partial charge on any atom is 0.305 e. The molecule has 1 saturated heterocycles. The second kappa shape index (κ2) is 8.66. The van der Waals surface area contributed by atoms with Gasteiger partial charge in [-0.15, -0.1) is 0 Å². The largest absolute Gasteiger partial charge is 0.481 e. The highest BCUT2D eigenvalue weighted by Crippen LogP contribution is 2.24. The highest BCUT2D eigenvalue weighted by molar-refractivity contribution is 5.78. The molecule has 1 fully saturated rings. The van der Waals surface area contributed by atoms with E-state index < -0.39 is 5.97 Å². The van der Waals surface area contributed by atoms with E-state index in [-0.39, 0.29) is 24.5 Å². The predicted molar refractivity (Wildman–Crippen MR) is 98.0 cm³/mol. The zero-order valence-electron chi connectivity index (χ0n) is 16.5. The first-order valence-corrected chi connectivity index (χ1v) is 9.29. The van der Waals surface area contributed by atoms with Gasteiger partial charge >= 0.3 is 5.97 Å². The van der Waals surface area contributed by atoms with E-state index in [1.807, 2.05) is 18.5 Å². The lowest BCUT2D eigenvalue weighted by Gasteiger charge is -2.23. The summed E-state index contributed by atoms with van der Waals surface area (Å²) in [5, 5.41) is 13.7. The molecular weight excluding hydrogens is 334 g/mol. The molecule has 2 rings (SSSR count). The minimum absolute atomic E-state index is 0.00814. The molecule has 1 aliphatic rings. The van der Waals surface area contributed by atoms with Gasteiger partial charge in [-0.05, 0) is 38.2 Å². The molecule has 7 heteroatoms. The van der Waals surface area contributed by atoms with Crippen molar-refractivity contribution in [1.82, 2.24) is 14.7 Å². The smallest absolute Gasteiger partial charge is 0.305 e. The first-order chi connectivity index (χ1) is 12.2. The molecule has 1 aromatic rings. The van der Waals surface area contributed by atoms with E-state index in [2.05, 4.69) is 18.9 Å². The van der Waals surface area contributed by atoms with Gasteiger partial charge < -0.3 is 14.7 Å². The molecule has 1 N–H and O–H groups in total. The summed E-state index contributed by atoms with van der Waals surface area (Å²) in [5.74, 6) is -0.382. The number of carbonyl (C=O) groups excluding carboxylic acids is 1. The van der Waals surface area contributed by atoms with E-state index in [1.54, 1.807) is 12.0 Å². The average molecular weight is 365 g/mol. The van der Waals surface area contributed by atoms with Gasteiger partial charge in [0.1, 0.15) is 0 Å². The Balaban J connectivity index is 2.03. The summed E-state index contributed by atoms with van der Waals surface area (Å²) >= 11 is 0. The number of rotatable bonds is 8. The standard InChI is InChI=1S/C19H31N3O4/c1-12(2)10-22-14(4)17(13(3)20-22)6-7-18(23)21-11-16(26-5)8-15(21)9-19(24)25/h12,15-16H,6-11H2,1-5H3,(H,24,25). The molecule has 0 aromatic carbocycles. The fourth-order valence-electron chi connectivity index (χ4n) is 3.74. The summed E-state index contributed by atoms with van der Waals surface area (Å²) in [7, 11) is 1.60. The van der Waals surface area contributed by atoms with E-state index >= 15 is 0 Å². The minimum Gasteiger partial charge on any atom is -0.481 e. The molecular formula is C19H31N3O4. The van der Waals surface area contributed by atoms with Gasteiger partial charge in [0.2, 0.25) is 5.91 Å². The lowest BCUT2D eigenvalue weighted by atomic mass is 10.1. The van der Waals surface area contributed by atoms with Crippen molar-refractivity contribution in [2.75, 3.05) is 13.7 Å². The molecule has 2 unspecified atom stereocenters. The number of hydrogen-bond acceptors (Lipinski definition) is 4. The van der Waals surface area contributed by atoms with Gasteiger partial charge in [-0.25, -0.2) is 0 Å². The molecule has 146 valence electrons. The Hall–Kier alpha value is -1.89. The number of carbonyl (C=O) groups is 2. The molecule has 2 atom stereocenters. The minimum atomic E-state index is -0.883. The Morgan fingerprint density at radius 1 is 1.35 bits per heavy atom. The monoisotopic (exact) mass is 365 g/mol. The fourth-order valence-corrected chi connectivity index (χ4v) is 3.74. The van der Waals surface area contributed by atoms with E-state index in [4.69, 9.17) is 9.84 Å². The molecule has 0 aliphatic carbocycles. The number of nitrogens with zero attached hydrogens (tertiary/aromatic N) is 3. The van der Waals surface area contributed by atoms with Crippen molar-refractivity contribution in [1.29, 1.82) is 0 Å². The van der Waals surface area contributed by atoms with Crippen LogP contribution in [0.2, 0.25) is 0 Å². The van der Waals surface area contributed by atoms with Crippen molar-refractivity contribution in [3.8, 4) is 0 Å². The second-order valence-corrected chi connectivity index (χ2v) is 7.62. The Labute approximate surface area is 155 Å². The van der Waals surface area contributed by atoms with Crippen LogP contribution >= 0.6 is 0 Å². The second-order valence-electron chi connectivity index (χ2n) is 7.62. The Bertz CT molecular complexity index is 653.